The number of nitrogens with zero attached hydrogens (tertiary/aromatic N) is 1. The Hall–Kier alpha value is -1.09. The lowest BCUT2D eigenvalue weighted by Gasteiger charge is -2.17. The number of nitrogens with one attached hydrogen (secondary N) is 1. The molecule has 1 saturated carbocycles. The molecule has 1 aromatic rings. The zero-order valence-corrected chi connectivity index (χ0v) is 10.9. The van der Waals surface area contributed by atoms with E-state index in [4.69, 9.17) is 11.6 Å². The van der Waals surface area contributed by atoms with Crippen LogP contribution in [0.1, 0.15) is 43.5 Å². The van der Waals surface area contributed by atoms with E-state index >= 15 is 0 Å². The summed E-state index contributed by atoms with van der Waals surface area (Å²) >= 11 is 5.89. The van der Waals surface area contributed by atoms with E-state index in [0.29, 0.717) is 11.0 Å². The Balaban J connectivity index is 2.01. The summed E-state index contributed by atoms with van der Waals surface area (Å²) in [4.78, 5) is 15.9. The van der Waals surface area contributed by atoms with Crippen LogP contribution >= 0.6 is 11.6 Å². The molecule has 1 aliphatic rings. The molecule has 1 amide bonds. The maximum absolute atomic E-state index is 12.0. The first-order valence-electron chi connectivity index (χ1n) is 5.89. The molecule has 1 atom stereocenters. The van der Waals surface area contributed by atoms with Crippen LogP contribution in [-0.2, 0) is 0 Å². The largest absolute Gasteiger partial charge is 0.349 e. The van der Waals surface area contributed by atoms with Gasteiger partial charge in [-0.15, -0.1) is 0 Å². The van der Waals surface area contributed by atoms with Crippen LogP contribution in [0.2, 0.25) is 5.15 Å². The Kier molecular flexibility index (Phi) is 3.38. The molecule has 1 heterocycles. The van der Waals surface area contributed by atoms with E-state index in [1.54, 1.807) is 18.3 Å². The summed E-state index contributed by atoms with van der Waals surface area (Å²) < 4.78 is 0. The molecule has 0 saturated heterocycles. The van der Waals surface area contributed by atoms with Crippen LogP contribution in [0.4, 0.5) is 0 Å². The number of carbonyl (C=O) groups is 1. The summed E-state index contributed by atoms with van der Waals surface area (Å²) in [6.07, 6.45) is 4.80. The van der Waals surface area contributed by atoms with Gasteiger partial charge in [-0.25, -0.2) is 4.98 Å². The van der Waals surface area contributed by atoms with Crippen molar-refractivity contribution < 1.29 is 4.79 Å². The van der Waals surface area contributed by atoms with Crippen molar-refractivity contribution in [2.24, 2.45) is 5.41 Å². The molecule has 2 rings (SSSR count). The summed E-state index contributed by atoms with van der Waals surface area (Å²) in [6.45, 7) is 4.46. The van der Waals surface area contributed by atoms with Crippen LogP contribution in [0.3, 0.4) is 0 Å². The molecule has 4 heteroatoms. The summed E-state index contributed by atoms with van der Waals surface area (Å²) in [5, 5.41) is 3.29. The first kappa shape index (κ1) is 12.4. The first-order chi connectivity index (χ1) is 7.98. The third-order valence-corrected chi connectivity index (χ3v) is 3.61. The smallest absolute Gasteiger partial charge is 0.254 e. The topological polar surface area (TPSA) is 42.0 Å². The lowest BCUT2D eigenvalue weighted by molar-refractivity contribution is 0.0936. The molecule has 1 fully saturated rings. The number of carbonyl (C=O) groups excluding carboxylic acids is 1. The van der Waals surface area contributed by atoms with Gasteiger partial charge in [0.1, 0.15) is 5.15 Å². The van der Waals surface area contributed by atoms with Crippen molar-refractivity contribution in [2.45, 2.75) is 39.2 Å². The standard InChI is InChI=1S/C13H17ClN2O/c1-13(2)6-5-9(8-13)16-12(17)10-4-3-7-15-11(10)14/h3-4,7,9H,5-6,8H2,1-2H3,(H,16,17). The Morgan fingerprint density at radius 2 is 2.35 bits per heavy atom. The van der Waals surface area contributed by atoms with Gasteiger partial charge in [-0.3, -0.25) is 4.79 Å². The van der Waals surface area contributed by atoms with Crippen LogP contribution in [0.15, 0.2) is 18.3 Å². The van der Waals surface area contributed by atoms with Crippen LogP contribution in [0.5, 0.6) is 0 Å². The van der Waals surface area contributed by atoms with E-state index in [9.17, 15) is 4.79 Å². The number of aromatic nitrogens is 1. The van der Waals surface area contributed by atoms with Gasteiger partial charge in [0, 0.05) is 12.2 Å². The minimum Gasteiger partial charge on any atom is -0.349 e. The Morgan fingerprint density at radius 3 is 2.94 bits per heavy atom. The number of pyridine rings is 1. The molecule has 0 aromatic carbocycles. The zero-order valence-electron chi connectivity index (χ0n) is 10.2. The number of halogens is 1. The van der Waals surface area contributed by atoms with Crippen LogP contribution < -0.4 is 5.32 Å². The summed E-state index contributed by atoms with van der Waals surface area (Å²) in [5.41, 5.74) is 0.787. The average molecular weight is 253 g/mol. The number of amides is 1. The highest BCUT2D eigenvalue weighted by Gasteiger charge is 2.32. The molecule has 3 nitrogen and oxygen atoms in total. The maximum atomic E-state index is 12.0. The highest BCUT2D eigenvalue weighted by atomic mass is 35.5. The van der Waals surface area contributed by atoms with Gasteiger partial charge >= 0.3 is 0 Å². The highest BCUT2D eigenvalue weighted by molar-refractivity contribution is 6.32. The minimum absolute atomic E-state index is 0.120. The Bertz CT molecular complexity index is 431. The molecule has 1 unspecified atom stereocenters. The lowest BCUT2D eigenvalue weighted by atomic mass is 9.92. The second-order valence-electron chi connectivity index (χ2n) is 5.42. The molecular formula is C13H17ClN2O. The Morgan fingerprint density at radius 1 is 1.59 bits per heavy atom. The van der Waals surface area contributed by atoms with Crippen molar-refractivity contribution in [1.82, 2.24) is 10.3 Å². The molecule has 1 aliphatic carbocycles. The van der Waals surface area contributed by atoms with E-state index in [1.807, 2.05) is 0 Å². The fourth-order valence-corrected chi connectivity index (χ4v) is 2.58. The maximum Gasteiger partial charge on any atom is 0.254 e. The summed E-state index contributed by atoms with van der Waals surface area (Å²) in [7, 11) is 0. The van der Waals surface area contributed by atoms with Crippen LogP contribution in [0.25, 0.3) is 0 Å². The predicted molar refractivity (Wildman–Crippen MR) is 68.1 cm³/mol. The van der Waals surface area contributed by atoms with Gasteiger partial charge in [-0.1, -0.05) is 25.4 Å². The second kappa shape index (κ2) is 4.65. The van der Waals surface area contributed by atoms with E-state index < -0.39 is 0 Å². The van der Waals surface area contributed by atoms with Gasteiger partial charge < -0.3 is 5.32 Å². The van der Waals surface area contributed by atoms with Crippen molar-refractivity contribution in [3.63, 3.8) is 0 Å². The summed E-state index contributed by atoms with van der Waals surface area (Å²) in [5.74, 6) is -0.120. The SMILES string of the molecule is CC1(C)CCC(NC(=O)c2cccnc2Cl)C1. The normalized spacial score (nSPS) is 22.4. The van der Waals surface area contributed by atoms with E-state index in [2.05, 4.69) is 24.1 Å². The fourth-order valence-electron chi connectivity index (χ4n) is 2.38. The van der Waals surface area contributed by atoms with Crippen molar-refractivity contribution in [3.05, 3.63) is 29.0 Å². The van der Waals surface area contributed by atoms with Crippen molar-refractivity contribution in [2.75, 3.05) is 0 Å². The third kappa shape index (κ3) is 2.97. The Labute approximate surface area is 107 Å². The molecule has 0 radical (unpaired) electrons. The highest BCUT2D eigenvalue weighted by Crippen LogP contribution is 2.37. The average Bonchev–Trinajstić information content (AvgIpc) is 2.58. The van der Waals surface area contributed by atoms with Gasteiger partial charge in [0.25, 0.3) is 5.91 Å². The van der Waals surface area contributed by atoms with Crippen molar-refractivity contribution in [3.8, 4) is 0 Å². The third-order valence-electron chi connectivity index (χ3n) is 3.31. The van der Waals surface area contributed by atoms with E-state index in [-0.39, 0.29) is 17.1 Å². The molecule has 1 N–H and O–H groups in total. The molecule has 92 valence electrons. The molecular weight excluding hydrogens is 236 g/mol. The molecule has 0 bridgehead atoms. The second-order valence-corrected chi connectivity index (χ2v) is 5.78. The molecule has 0 spiro atoms. The number of rotatable bonds is 2. The van der Waals surface area contributed by atoms with Crippen molar-refractivity contribution in [1.29, 1.82) is 0 Å². The van der Waals surface area contributed by atoms with Crippen molar-refractivity contribution >= 4 is 17.5 Å². The van der Waals surface area contributed by atoms with Gasteiger partial charge in [-0.2, -0.15) is 0 Å². The van der Waals surface area contributed by atoms with Gasteiger partial charge in [0.2, 0.25) is 0 Å². The quantitative estimate of drug-likeness (QED) is 0.822. The van der Waals surface area contributed by atoms with E-state index in [0.717, 1.165) is 19.3 Å². The van der Waals surface area contributed by atoms with E-state index in [1.165, 1.54) is 0 Å². The predicted octanol–water partition coefficient (Wildman–Crippen LogP) is 3.04. The van der Waals surface area contributed by atoms with Gasteiger partial charge in [0.15, 0.2) is 0 Å². The number of hydrogen-bond donors (Lipinski definition) is 1. The number of hydrogen-bond acceptors (Lipinski definition) is 2. The van der Waals surface area contributed by atoms with Crippen LogP contribution in [-0.4, -0.2) is 16.9 Å². The van der Waals surface area contributed by atoms with Crippen LogP contribution in [0, 0.1) is 5.41 Å². The molecule has 17 heavy (non-hydrogen) atoms. The van der Waals surface area contributed by atoms with Gasteiger partial charge in [-0.05, 0) is 36.8 Å². The lowest BCUT2D eigenvalue weighted by Crippen LogP contribution is -2.33. The first-order valence-corrected chi connectivity index (χ1v) is 6.27. The fraction of sp³-hybridized carbons (Fsp3) is 0.538. The zero-order chi connectivity index (χ0) is 12.5. The minimum atomic E-state index is -0.120. The molecule has 1 aromatic heterocycles. The summed E-state index contributed by atoms with van der Waals surface area (Å²) in [6, 6.07) is 3.68. The molecule has 0 aliphatic heterocycles. The monoisotopic (exact) mass is 252 g/mol. The van der Waals surface area contributed by atoms with Gasteiger partial charge in [0.05, 0.1) is 5.56 Å².